The number of carbonyl (C=O) groups is 4. The average molecular weight is 493 g/mol. The molecule has 4 amide bonds. The molecule has 0 aliphatic carbocycles. The summed E-state index contributed by atoms with van der Waals surface area (Å²) in [5.74, 6) is -0.399. The third-order valence-electron chi connectivity index (χ3n) is 5.70. The summed E-state index contributed by atoms with van der Waals surface area (Å²) in [5.41, 5.74) is 7.99. The summed E-state index contributed by atoms with van der Waals surface area (Å²) >= 11 is 0.751. The number of imide groups is 1. The smallest absolute Gasteiger partial charge is 0.294 e. The number of primary amides is 1. The summed E-state index contributed by atoms with van der Waals surface area (Å²) in [7, 11) is 0. The van der Waals surface area contributed by atoms with Gasteiger partial charge in [-0.15, -0.1) is 0 Å². The number of amides is 4. The first-order valence-corrected chi connectivity index (χ1v) is 11.4. The maximum atomic E-state index is 12.9. The molecule has 0 unspecified atom stereocenters. The van der Waals surface area contributed by atoms with E-state index in [-0.39, 0.29) is 24.2 Å². The predicted molar refractivity (Wildman–Crippen MR) is 130 cm³/mol. The summed E-state index contributed by atoms with van der Waals surface area (Å²) in [6, 6.07) is 12.7. The van der Waals surface area contributed by atoms with Gasteiger partial charge in [-0.3, -0.25) is 24.1 Å². The lowest BCUT2D eigenvalue weighted by atomic mass is 10.1. The summed E-state index contributed by atoms with van der Waals surface area (Å²) in [5, 5.41) is 3.14. The molecule has 5 rings (SSSR count). The van der Waals surface area contributed by atoms with E-state index in [0.29, 0.717) is 22.7 Å². The third-order valence-corrected chi connectivity index (χ3v) is 6.61. The van der Waals surface area contributed by atoms with Crippen LogP contribution in [-0.4, -0.2) is 45.8 Å². The third kappa shape index (κ3) is 4.21. The van der Waals surface area contributed by atoms with Crippen molar-refractivity contribution in [2.45, 2.75) is 13.5 Å². The number of hydrogen-bond acceptors (Lipinski definition) is 7. The zero-order chi connectivity index (χ0) is 24.7. The number of nitrogens with zero attached hydrogens (tertiary/aromatic N) is 2. The molecule has 0 saturated carbocycles. The Hall–Kier alpha value is -4.25. The Bertz CT molecular complexity index is 1440. The van der Waals surface area contributed by atoms with Gasteiger partial charge in [-0.25, -0.2) is 0 Å². The maximum Gasteiger partial charge on any atom is 0.294 e. The van der Waals surface area contributed by atoms with Gasteiger partial charge in [-0.1, -0.05) is 18.2 Å². The molecule has 0 spiro atoms. The molecule has 10 nitrogen and oxygen atoms in total. The number of rotatable bonds is 6. The van der Waals surface area contributed by atoms with Gasteiger partial charge in [-0.2, -0.15) is 0 Å². The van der Waals surface area contributed by atoms with Crippen molar-refractivity contribution in [1.82, 2.24) is 9.47 Å². The van der Waals surface area contributed by atoms with Crippen LogP contribution >= 0.6 is 11.8 Å². The van der Waals surface area contributed by atoms with Crippen LogP contribution in [0.25, 0.3) is 17.0 Å². The number of aromatic nitrogens is 1. The second kappa shape index (κ2) is 8.84. The Balaban J connectivity index is 1.44. The zero-order valence-corrected chi connectivity index (χ0v) is 19.4. The number of benzene rings is 2. The molecule has 3 N–H and O–H groups in total. The SMILES string of the molecule is Cc1c(/C=C2\SC(=O)N(CC(N)=O)C2=O)c2ccccc2n1CC(=O)Nc1ccc2c(c1)OCO2. The van der Waals surface area contributed by atoms with Crippen LogP contribution in [0, 0.1) is 6.92 Å². The Kier molecular flexibility index (Phi) is 5.69. The molecular weight excluding hydrogens is 472 g/mol. The molecule has 3 aromatic rings. The van der Waals surface area contributed by atoms with E-state index in [4.69, 9.17) is 15.2 Å². The number of thioether (sulfide) groups is 1. The highest BCUT2D eigenvalue weighted by Crippen LogP contribution is 2.36. The average Bonchev–Trinajstić information content (AvgIpc) is 3.47. The lowest BCUT2D eigenvalue weighted by Gasteiger charge is -2.10. The van der Waals surface area contributed by atoms with E-state index in [9.17, 15) is 19.2 Å². The van der Waals surface area contributed by atoms with Crippen LogP contribution in [0.4, 0.5) is 10.5 Å². The van der Waals surface area contributed by atoms with Crippen LogP contribution in [0.3, 0.4) is 0 Å². The van der Waals surface area contributed by atoms with E-state index in [0.717, 1.165) is 33.3 Å². The van der Waals surface area contributed by atoms with Crippen LogP contribution < -0.4 is 20.5 Å². The molecule has 0 atom stereocenters. The molecule has 2 aromatic carbocycles. The van der Waals surface area contributed by atoms with Gasteiger partial charge >= 0.3 is 0 Å². The van der Waals surface area contributed by atoms with Crippen LogP contribution in [-0.2, 0) is 20.9 Å². The lowest BCUT2D eigenvalue weighted by Crippen LogP contribution is -2.36. The van der Waals surface area contributed by atoms with Crippen molar-refractivity contribution in [3.8, 4) is 11.5 Å². The van der Waals surface area contributed by atoms with E-state index in [1.807, 2.05) is 35.8 Å². The lowest BCUT2D eigenvalue weighted by molar-refractivity contribution is -0.127. The van der Waals surface area contributed by atoms with E-state index in [2.05, 4.69) is 5.32 Å². The fourth-order valence-electron chi connectivity index (χ4n) is 4.09. The Labute approximate surface area is 203 Å². The van der Waals surface area contributed by atoms with Crippen molar-refractivity contribution in [2.24, 2.45) is 5.73 Å². The van der Waals surface area contributed by atoms with Crippen LogP contribution in [0.5, 0.6) is 11.5 Å². The molecular formula is C24H20N4O6S. The summed E-state index contributed by atoms with van der Waals surface area (Å²) in [6.07, 6.45) is 1.62. The van der Waals surface area contributed by atoms with Crippen molar-refractivity contribution < 1.29 is 28.7 Å². The number of nitrogens with one attached hydrogen (secondary N) is 1. The molecule has 0 bridgehead atoms. The summed E-state index contributed by atoms with van der Waals surface area (Å²) in [6.45, 7) is 1.54. The number of hydrogen-bond donors (Lipinski definition) is 2. The Morgan fingerprint density at radius 1 is 1.11 bits per heavy atom. The second-order valence-corrected chi connectivity index (χ2v) is 8.95. The minimum Gasteiger partial charge on any atom is -0.454 e. The molecule has 1 aromatic heterocycles. The van der Waals surface area contributed by atoms with Gasteiger partial charge in [0.1, 0.15) is 13.1 Å². The number of nitrogens with two attached hydrogens (primary N) is 1. The van der Waals surface area contributed by atoms with Crippen molar-refractivity contribution >= 4 is 57.4 Å². The Morgan fingerprint density at radius 3 is 2.69 bits per heavy atom. The zero-order valence-electron chi connectivity index (χ0n) is 18.6. The molecule has 11 heteroatoms. The van der Waals surface area contributed by atoms with Gasteiger partial charge in [-0.05, 0) is 43.0 Å². The number of anilines is 1. The molecule has 0 radical (unpaired) electrons. The van der Waals surface area contributed by atoms with E-state index < -0.39 is 23.6 Å². The summed E-state index contributed by atoms with van der Waals surface area (Å²) in [4.78, 5) is 50.0. The Morgan fingerprint density at radius 2 is 1.89 bits per heavy atom. The molecule has 1 saturated heterocycles. The van der Waals surface area contributed by atoms with E-state index in [1.54, 1.807) is 24.3 Å². The predicted octanol–water partition coefficient (Wildman–Crippen LogP) is 2.84. The van der Waals surface area contributed by atoms with Gasteiger partial charge in [0.2, 0.25) is 18.6 Å². The number of ether oxygens (including phenoxy) is 2. The largest absolute Gasteiger partial charge is 0.454 e. The minimum absolute atomic E-state index is 0.0256. The quantitative estimate of drug-likeness (QED) is 0.506. The normalized spacial score (nSPS) is 15.9. The van der Waals surface area contributed by atoms with Gasteiger partial charge < -0.3 is 25.1 Å². The highest BCUT2D eigenvalue weighted by atomic mass is 32.2. The highest BCUT2D eigenvalue weighted by Gasteiger charge is 2.36. The van der Waals surface area contributed by atoms with Gasteiger partial charge in [0.15, 0.2) is 11.5 Å². The van der Waals surface area contributed by atoms with Gasteiger partial charge in [0.05, 0.1) is 4.91 Å². The van der Waals surface area contributed by atoms with Gasteiger partial charge in [0.25, 0.3) is 11.1 Å². The van der Waals surface area contributed by atoms with Crippen molar-refractivity contribution in [3.63, 3.8) is 0 Å². The van der Waals surface area contributed by atoms with Crippen LogP contribution in [0.2, 0.25) is 0 Å². The van der Waals surface area contributed by atoms with Crippen molar-refractivity contribution in [1.29, 1.82) is 0 Å². The van der Waals surface area contributed by atoms with Crippen LogP contribution in [0.15, 0.2) is 47.4 Å². The molecule has 35 heavy (non-hydrogen) atoms. The fourth-order valence-corrected chi connectivity index (χ4v) is 4.91. The van der Waals surface area contributed by atoms with Crippen molar-refractivity contribution in [2.75, 3.05) is 18.7 Å². The second-order valence-electron chi connectivity index (χ2n) is 7.95. The standard InChI is InChI=1S/C24H20N4O6S/c1-13-16(9-20-23(31)28(10-21(25)29)24(32)35-20)15-4-2-3-5-17(15)27(13)11-22(30)26-14-6-7-18-19(8-14)34-12-33-18/h2-9H,10-12H2,1H3,(H2,25,29)(H,26,30)/b20-9-. The fraction of sp³-hybridized carbons (Fsp3) is 0.167. The number of carbonyl (C=O) groups excluding carboxylic acids is 4. The molecule has 2 aliphatic rings. The van der Waals surface area contributed by atoms with Crippen molar-refractivity contribution in [3.05, 3.63) is 58.6 Å². The monoisotopic (exact) mass is 492 g/mol. The van der Waals surface area contributed by atoms with Crippen LogP contribution in [0.1, 0.15) is 11.3 Å². The molecule has 178 valence electrons. The first-order valence-electron chi connectivity index (χ1n) is 10.6. The van der Waals surface area contributed by atoms with E-state index >= 15 is 0 Å². The minimum atomic E-state index is -0.769. The molecule has 2 aliphatic heterocycles. The first-order chi connectivity index (χ1) is 16.8. The number of para-hydroxylation sites is 1. The first kappa shape index (κ1) is 22.5. The molecule has 1 fully saturated rings. The highest BCUT2D eigenvalue weighted by molar-refractivity contribution is 8.18. The molecule has 3 heterocycles. The van der Waals surface area contributed by atoms with Gasteiger partial charge in [0, 0.05) is 33.9 Å². The topological polar surface area (TPSA) is 133 Å². The maximum absolute atomic E-state index is 12.9. The van der Waals surface area contributed by atoms with E-state index in [1.165, 1.54) is 0 Å². The number of fused-ring (bicyclic) bond motifs is 2. The summed E-state index contributed by atoms with van der Waals surface area (Å²) < 4.78 is 12.5.